The molecule has 0 spiro atoms. The van der Waals surface area contributed by atoms with E-state index in [0.717, 1.165) is 24.4 Å². The van der Waals surface area contributed by atoms with Gasteiger partial charge in [0.25, 0.3) is 0 Å². The van der Waals surface area contributed by atoms with E-state index >= 15 is 0 Å². The van der Waals surface area contributed by atoms with Crippen molar-refractivity contribution >= 4 is 23.3 Å². The zero-order valence-electron chi connectivity index (χ0n) is 14.9. The topological polar surface area (TPSA) is 53.6 Å². The van der Waals surface area contributed by atoms with E-state index in [1.54, 1.807) is 19.2 Å². The Morgan fingerprint density at radius 1 is 1.15 bits per heavy atom. The van der Waals surface area contributed by atoms with E-state index in [-0.39, 0.29) is 12.1 Å². The predicted molar refractivity (Wildman–Crippen MR) is 105 cm³/mol. The maximum absolute atomic E-state index is 12.3. The summed E-state index contributed by atoms with van der Waals surface area (Å²) in [5, 5.41) is 6.30. The molecule has 1 atom stereocenters. The molecule has 2 aromatic carbocycles. The lowest BCUT2D eigenvalue weighted by atomic mass is 10.0. The van der Waals surface area contributed by atoms with Gasteiger partial charge in [-0.1, -0.05) is 41.9 Å². The maximum atomic E-state index is 12.3. The Bertz CT molecular complexity index is 747. The monoisotopic (exact) mass is 373 g/mol. The highest BCUT2D eigenvalue weighted by Gasteiger charge is 2.26. The van der Waals surface area contributed by atoms with Crippen LogP contribution in [-0.4, -0.2) is 37.7 Å². The van der Waals surface area contributed by atoms with Crippen LogP contribution >= 0.6 is 11.6 Å². The largest absolute Gasteiger partial charge is 0.496 e. The molecule has 2 N–H and O–H groups in total. The number of para-hydroxylation sites is 2. The minimum Gasteiger partial charge on any atom is -0.496 e. The summed E-state index contributed by atoms with van der Waals surface area (Å²) in [6.45, 7) is 2.55. The number of carbonyl (C=O) groups is 1. The van der Waals surface area contributed by atoms with Gasteiger partial charge in [-0.3, -0.25) is 4.90 Å². The number of nitrogens with one attached hydrogen (secondary N) is 2. The molecule has 0 aromatic heterocycles. The minimum atomic E-state index is -0.266. The van der Waals surface area contributed by atoms with E-state index < -0.39 is 0 Å². The van der Waals surface area contributed by atoms with Crippen LogP contribution in [0.3, 0.4) is 0 Å². The summed E-state index contributed by atoms with van der Waals surface area (Å²) in [4.78, 5) is 14.7. The van der Waals surface area contributed by atoms with Gasteiger partial charge in [0.2, 0.25) is 0 Å². The van der Waals surface area contributed by atoms with Crippen LogP contribution in [0.2, 0.25) is 5.02 Å². The van der Waals surface area contributed by atoms with Crippen molar-refractivity contribution in [3.8, 4) is 5.75 Å². The maximum Gasteiger partial charge on any atom is 0.319 e. The van der Waals surface area contributed by atoms with Crippen LogP contribution < -0.4 is 15.4 Å². The van der Waals surface area contributed by atoms with Crippen LogP contribution in [0.4, 0.5) is 10.5 Å². The number of carbonyl (C=O) groups excluding carboxylic acids is 1. The number of urea groups is 1. The van der Waals surface area contributed by atoms with Crippen molar-refractivity contribution in [2.24, 2.45) is 0 Å². The number of hydrogen-bond donors (Lipinski definition) is 2. The third-order valence-corrected chi connectivity index (χ3v) is 4.99. The van der Waals surface area contributed by atoms with Gasteiger partial charge in [0, 0.05) is 12.1 Å². The number of ether oxygens (including phenoxy) is 1. The summed E-state index contributed by atoms with van der Waals surface area (Å²) in [5.74, 6) is 0.845. The minimum absolute atomic E-state index is 0.0747. The number of hydrogen-bond acceptors (Lipinski definition) is 3. The van der Waals surface area contributed by atoms with Crippen molar-refractivity contribution in [1.29, 1.82) is 0 Å². The lowest BCUT2D eigenvalue weighted by Gasteiger charge is -2.29. The molecule has 3 rings (SSSR count). The number of rotatable bonds is 6. The van der Waals surface area contributed by atoms with Crippen molar-refractivity contribution < 1.29 is 9.53 Å². The number of likely N-dealkylation sites (tertiary alicyclic amines) is 1. The molecule has 0 saturated carbocycles. The second kappa shape index (κ2) is 8.92. The Kier molecular flexibility index (Phi) is 6.36. The number of amides is 2. The highest BCUT2D eigenvalue weighted by molar-refractivity contribution is 6.33. The number of anilines is 1. The molecule has 1 aliphatic rings. The fourth-order valence-corrected chi connectivity index (χ4v) is 3.53. The SMILES string of the molecule is COc1ccccc1C(CNC(=O)Nc1ccccc1Cl)N1CCCC1. The van der Waals surface area contributed by atoms with E-state index in [1.807, 2.05) is 30.3 Å². The summed E-state index contributed by atoms with van der Waals surface area (Å²) in [7, 11) is 1.68. The van der Waals surface area contributed by atoms with Crippen molar-refractivity contribution in [1.82, 2.24) is 10.2 Å². The molecule has 5 nitrogen and oxygen atoms in total. The number of nitrogens with zero attached hydrogens (tertiary/aromatic N) is 1. The Labute approximate surface area is 159 Å². The first kappa shape index (κ1) is 18.5. The Morgan fingerprint density at radius 2 is 1.85 bits per heavy atom. The van der Waals surface area contributed by atoms with Crippen molar-refractivity contribution in [2.75, 3.05) is 32.1 Å². The summed E-state index contributed by atoms with van der Waals surface area (Å²) >= 11 is 6.10. The molecule has 1 unspecified atom stereocenters. The van der Waals surface area contributed by atoms with E-state index in [4.69, 9.17) is 16.3 Å². The second-order valence-electron chi connectivity index (χ2n) is 6.32. The molecule has 6 heteroatoms. The average molecular weight is 374 g/mol. The first-order chi connectivity index (χ1) is 12.7. The molecule has 0 radical (unpaired) electrons. The van der Waals surface area contributed by atoms with Crippen LogP contribution in [0.15, 0.2) is 48.5 Å². The van der Waals surface area contributed by atoms with Gasteiger partial charge in [0.15, 0.2) is 0 Å². The van der Waals surface area contributed by atoms with E-state index in [9.17, 15) is 4.79 Å². The zero-order valence-corrected chi connectivity index (χ0v) is 15.6. The molecule has 1 fully saturated rings. The van der Waals surface area contributed by atoms with Crippen molar-refractivity contribution in [2.45, 2.75) is 18.9 Å². The lowest BCUT2D eigenvalue weighted by Crippen LogP contribution is -2.38. The number of methoxy groups -OCH3 is 1. The van der Waals surface area contributed by atoms with Gasteiger partial charge in [-0.2, -0.15) is 0 Å². The van der Waals surface area contributed by atoms with Crippen LogP contribution in [0.1, 0.15) is 24.4 Å². The fraction of sp³-hybridized carbons (Fsp3) is 0.350. The van der Waals surface area contributed by atoms with Crippen LogP contribution in [0, 0.1) is 0 Å². The summed E-state index contributed by atoms with van der Waals surface area (Å²) in [6, 6.07) is 15.0. The van der Waals surface area contributed by atoms with E-state index in [0.29, 0.717) is 17.3 Å². The standard InChI is InChI=1S/C20H24ClN3O2/c1-26-19-11-5-2-8-15(19)18(24-12-6-7-13-24)14-22-20(25)23-17-10-4-3-9-16(17)21/h2-5,8-11,18H,6-7,12-14H2,1H3,(H2,22,23,25). The Balaban J connectivity index is 1.70. The highest BCUT2D eigenvalue weighted by Crippen LogP contribution is 2.31. The smallest absolute Gasteiger partial charge is 0.319 e. The number of halogens is 1. The molecular weight excluding hydrogens is 350 g/mol. The van der Waals surface area contributed by atoms with Crippen molar-refractivity contribution in [3.05, 3.63) is 59.1 Å². The molecule has 0 bridgehead atoms. The van der Waals surface area contributed by atoms with E-state index in [1.165, 1.54) is 12.8 Å². The van der Waals surface area contributed by atoms with Gasteiger partial charge in [-0.15, -0.1) is 0 Å². The molecule has 138 valence electrons. The Hall–Kier alpha value is -2.24. The molecule has 0 aliphatic carbocycles. The van der Waals surface area contributed by atoms with E-state index in [2.05, 4.69) is 21.6 Å². The normalized spacial score (nSPS) is 15.5. The summed E-state index contributed by atoms with van der Waals surface area (Å²) in [6.07, 6.45) is 2.36. The van der Waals surface area contributed by atoms with Gasteiger partial charge >= 0.3 is 6.03 Å². The summed E-state index contributed by atoms with van der Waals surface area (Å²) < 4.78 is 5.53. The summed E-state index contributed by atoms with van der Waals surface area (Å²) in [5.41, 5.74) is 1.69. The highest BCUT2D eigenvalue weighted by atomic mass is 35.5. The molecule has 2 aromatic rings. The first-order valence-corrected chi connectivity index (χ1v) is 9.23. The van der Waals surface area contributed by atoms with Gasteiger partial charge in [0.1, 0.15) is 5.75 Å². The molecule has 1 heterocycles. The predicted octanol–water partition coefficient (Wildman–Crippen LogP) is 4.31. The van der Waals surface area contributed by atoms with Gasteiger partial charge in [-0.05, 0) is 44.1 Å². The fourth-order valence-electron chi connectivity index (χ4n) is 3.35. The van der Waals surface area contributed by atoms with Gasteiger partial charge in [-0.25, -0.2) is 4.79 Å². The second-order valence-corrected chi connectivity index (χ2v) is 6.72. The van der Waals surface area contributed by atoms with Crippen molar-refractivity contribution in [3.63, 3.8) is 0 Å². The molecule has 2 amide bonds. The third-order valence-electron chi connectivity index (χ3n) is 4.66. The Morgan fingerprint density at radius 3 is 2.58 bits per heavy atom. The van der Waals surface area contributed by atoms with Gasteiger partial charge in [0.05, 0.1) is 23.9 Å². The lowest BCUT2D eigenvalue weighted by molar-refractivity contribution is 0.224. The van der Waals surface area contributed by atoms with Gasteiger partial charge < -0.3 is 15.4 Å². The molecule has 1 aliphatic heterocycles. The molecular formula is C20H24ClN3O2. The zero-order chi connectivity index (χ0) is 18.4. The molecule has 26 heavy (non-hydrogen) atoms. The molecule has 1 saturated heterocycles. The van der Waals surface area contributed by atoms with Crippen LogP contribution in [0.25, 0.3) is 0 Å². The number of benzene rings is 2. The third kappa shape index (κ3) is 4.48. The van der Waals surface area contributed by atoms with Crippen LogP contribution in [-0.2, 0) is 0 Å². The first-order valence-electron chi connectivity index (χ1n) is 8.85. The van der Waals surface area contributed by atoms with Crippen LogP contribution in [0.5, 0.6) is 5.75 Å². The quantitative estimate of drug-likeness (QED) is 0.793. The average Bonchev–Trinajstić information content (AvgIpc) is 3.19.